The zero-order chi connectivity index (χ0) is 22.2. The molecule has 0 aliphatic carbocycles. The molecule has 3 aromatic carbocycles. The van der Waals surface area contributed by atoms with Gasteiger partial charge in [0, 0.05) is 19.0 Å². The molecule has 1 heterocycles. The number of benzene rings is 3. The van der Waals surface area contributed by atoms with E-state index in [4.69, 9.17) is 4.74 Å². The van der Waals surface area contributed by atoms with Gasteiger partial charge in [0.05, 0.1) is 6.67 Å². The Morgan fingerprint density at radius 3 is 2.09 bits per heavy atom. The smallest absolute Gasteiger partial charge is 0.119 e. The van der Waals surface area contributed by atoms with Gasteiger partial charge in [-0.2, -0.15) is 0 Å². The van der Waals surface area contributed by atoms with Crippen LogP contribution in [-0.2, 0) is 0 Å². The number of rotatable bonds is 9. The maximum Gasteiger partial charge on any atom is 0.119 e. The van der Waals surface area contributed by atoms with E-state index < -0.39 is 0 Å². The van der Waals surface area contributed by atoms with Crippen LogP contribution in [0.25, 0.3) is 11.1 Å². The molecule has 1 atom stereocenters. The second-order valence-corrected chi connectivity index (χ2v) is 8.42. The fourth-order valence-electron chi connectivity index (χ4n) is 4.54. The number of alkyl halides is 1. The molecule has 0 amide bonds. The van der Waals surface area contributed by atoms with E-state index in [0.29, 0.717) is 6.61 Å². The van der Waals surface area contributed by atoms with Gasteiger partial charge >= 0.3 is 0 Å². The molecule has 1 aliphatic heterocycles. The van der Waals surface area contributed by atoms with Crippen molar-refractivity contribution in [1.82, 2.24) is 4.90 Å². The lowest BCUT2D eigenvalue weighted by atomic mass is 9.88. The van der Waals surface area contributed by atoms with Crippen LogP contribution in [0.15, 0.2) is 84.9 Å². The van der Waals surface area contributed by atoms with Gasteiger partial charge in [-0.15, -0.1) is 0 Å². The van der Waals surface area contributed by atoms with Crippen molar-refractivity contribution in [3.05, 3.63) is 102 Å². The normalized spacial score (nSPS) is 17.2. The standard InChI is InChI=1S/C29H32FNO/c1-2-28(24-9-5-3-6-10-24)29(25-11-7-4-8-12-25)26-13-15-27(16-14-26)32-20-19-31-18-17-23(21-30)22-31/h3-16,23H,2,17-22H2,1H3/t23-/m0/s1. The zero-order valence-electron chi connectivity index (χ0n) is 18.8. The highest BCUT2D eigenvalue weighted by Gasteiger charge is 2.21. The first-order chi connectivity index (χ1) is 15.8. The minimum absolute atomic E-state index is 0.204. The SMILES string of the molecule is CCC(=C(c1ccccc1)c1ccc(OCCN2CC[C@@H](CF)C2)cc1)c1ccccc1. The molecule has 1 saturated heterocycles. The Morgan fingerprint density at radius 2 is 1.50 bits per heavy atom. The lowest BCUT2D eigenvalue weighted by Gasteiger charge is -2.18. The Kier molecular flexibility index (Phi) is 7.73. The van der Waals surface area contributed by atoms with E-state index >= 15 is 0 Å². The molecular weight excluding hydrogens is 397 g/mol. The molecule has 0 unspecified atom stereocenters. The lowest BCUT2D eigenvalue weighted by molar-refractivity contribution is 0.228. The van der Waals surface area contributed by atoms with Crippen molar-refractivity contribution in [1.29, 1.82) is 0 Å². The number of likely N-dealkylation sites (tertiary alicyclic amines) is 1. The summed E-state index contributed by atoms with van der Waals surface area (Å²) in [6, 6.07) is 29.7. The van der Waals surface area contributed by atoms with E-state index in [0.717, 1.165) is 38.2 Å². The van der Waals surface area contributed by atoms with E-state index in [1.807, 2.05) is 0 Å². The monoisotopic (exact) mass is 429 g/mol. The molecule has 2 nitrogen and oxygen atoms in total. The minimum atomic E-state index is -0.210. The van der Waals surface area contributed by atoms with Crippen molar-refractivity contribution >= 4 is 11.1 Å². The highest BCUT2D eigenvalue weighted by Crippen LogP contribution is 2.34. The van der Waals surface area contributed by atoms with Crippen molar-refractivity contribution in [3.8, 4) is 5.75 Å². The van der Waals surface area contributed by atoms with E-state index in [1.54, 1.807) is 0 Å². The van der Waals surface area contributed by atoms with Crippen LogP contribution in [0, 0.1) is 5.92 Å². The van der Waals surface area contributed by atoms with E-state index in [-0.39, 0.29) is 12.6 Å². The molecule has 0 saturated carbocycles. The lowest BCUT2D eigenvalue weighted by Crippen LogP contribution is -2.26. The van der Waals surface area contributed by atoms with Crippen LogP contribution < -0.4 is 4.74 Å². The van der Waals surface area contributed by atoms with Crippen molar-refractivity contribution in [2.24, 2.45) is 5.92 Å². The van der Waals surface area contributed by atoms with Gasteiger partial charge in [0.25, 0.3) is 0 Å². The van der Waals surface area contributed by atoms with Gasteiger partial charge in [-0.3, -0.25) is 9.29 Å². The summed E-state index contributed by atoms with van der Waals surface area (Å²) in [6.07, 6.45) is 1.91. The highest BCUT2D eigenvalue weighted by atomic mass is 19.1. The molecule has 166 valence electrons. The predicted octanol–water partition coefficient (Wildman–Crippen LogP) is 6.73. The molecule has 0 bridgehead atoms. The molecular formula is C29H32FNO. The number of allylic oxidation sites excluding steroid dienone is 1. The van der Waals surface area contributed by atoms with Gasteiger partial charge in [0.15, 0.2) is 0 Å². The molecule has 1 aliphatic rings. The predicted molar refractivity (Wildman–Crippen MR) is 132 cm³/mol. The third-order valence-corrected chi connectivity index (χ3v) is 6.25. The van der Waals surface area contributed by atoms with Crippen molar-refractivity contribution < 1.29 is 9.13 Å². The molecule has 4 rings (SSSR count). The number of nitrogens with zero attached hydrogens (tertiary/aromatic N) is 1. The third-order valence-electron chi connectivity index (χ3n) is 6.25. The Bertz CT molecular complexity index is 998. The fourth-order valence-corrected chi connectivity index (χ4v) is 4.54. The summed E-state index contributed by atoms with van der Waals surface area (Å²) in [5.74, 6) is 1.08. The summed E-state index contributed by atoms with van der Waals surface area (Å²) >= 11 is 0. The van der Waals surface area contributed by atoms with Crippen LogP contribution in [0.5, 0.6) is 5.75 Å². The maximum atomic E-state index is 12.8. The average Bonchev–Trinajstić information content (AvgIpc) is 3.32. The Hall–Kier alpha value is -2.91. The molecule has 3 heteroatoms. The number of halogens is 1. The highest BCUT2D eigenvalue weighted by molar-refractivity contribution is 5.98. The first kappa shape index (κ1) is 22.3. The molecule has 32 heavy (non-hydrogen) atoms. The molecule has 0 radical (unpaired) electrons. The summed E-state index contributed by atoms with van der Waals surface area (Å²) in [6.45, 7) is 5.31. The third kappa shape index (κ3) is 5.46. The molecule has 0 aromatic heterocycles. The van der Waals surface area contributed by atoms with E-state index in [2.05, 4.69) is 96.8 Å². The summed E-state index contributed by atoms with van der Waals surface area (Å²) < 4.78 is 18.8. The van der Waals surface area contributed by atoms with E-state index in [9.17, 15) is 4.39 Å². The van der Waals surface area contributed by atoms with Gasteiger partial charge in [0.2, 0.25) is 0 Å². The van der Waals surface area contributed by atoms with Crippen molar-refractivity contribution in [2.75, 3.05) is 32.9 Å². The summed E-state index contributed by atoms with van der Waals surface area (Å²) in [4.78, 5) is 2.29. The number of hydrogen-bond donors (Lipinski definition) is 0. The van der Waals surface area contributed by atoms with Crippen LogP contribution in [-0.4, -0.2) is 37.8 Å². The summed E-state index contributed by atoms with van der Waals surface area (Å²) in [7, 11) is 0. The van der Waals surface area contributed by atoms with E-state index in [1.165, 1.54) is 27.8 Å². The Morgan fingerprint density at radius 1 is 0.875 bits per heavy atom. The second-order valence-electron chi connectivity index (χ2n) is 8.42. The number of ether oxygens (including phenoxy) is 1. The largest absolute Gasteiger partial charge is 0.492 e. The minimum Gasteiger partial charge on any atom is -0.492 e. The van der Waals surface area contributed by atoms with Crippen molar-refractivity contribution in [3.63, 3.8) is 0 Å². The van der Waals surface area contributed by atoms with Crippen molar-refractivity contribution in [2.45, 2.75) is 19.8 Å². The van der Waals surface area contributed by atoms with Crippen LogP contribution in [0.2, 0.25) is 0 Å². The van der Waals surface area contributed by atoms with Gasteiger partial charge in [-0.25, -0.2) is 0 Å². The quantitative estimate of drug-likeness (QED) is 0.350. The first-order valence-corrected chi connectivity index (χ1v) is 11.6. The maximum absolute atomic E-state index is 12.8. The molecule has 0 spiro atoms. The molecule has 3 aromatic rings. The average molecular weight is 430 g/mol. The summed E-state index contributed by atoms with van der Waals surface area (Å²) in [5.41, 5.74) is 6.27. The Balaban J connectivity index is 1.53. The van der Waals surface area contributed by atoms with Gasteiger partial charge < -0.3 is 4.74 Å². The number of hydrogen-bond acceptors (Lipinski definition) is 2. The fraction of sp³-hybridized carbons (Fsp3) is 0.310. The van der Waals surface area contributed by atoms with Crippen LogP contribution in [0.3, 0.4) is 0 Å². The Labute approximate surface area is 191 Å². The second kappa shape index (κ2) is 11.1. The van der Waals surface area contributed by atoms with Crippen LogP contribution >= 0.6 is 0 Å². The first-order valence-electron chi connectivity index (χ1n) is 11.6. The summed E-state index contributed by atoms with van der Waals surface area (Å²) in [5, 5.41) is 0. The molecule has 0 N–H and O–H groups in total. The zero-order valence-corrected chi connectivity index (χ0v) is 18.8. The van der Waals surface area contributed by atoms with Gasteiger partial charge in [0.1, 0.15) is 12.4 Å². The van der Waals surface area contributed by atoms with Gasteiger partial charge in [-0.1, -0.05) is 79.7 Å². The van der Waals surface area contributed by atoms with Gasteiger partial charge in [-0.05, 0) is 59.4 Å². The topological polar surface area (TPSA) is 12.5 Å². The molecule has 1 fully saturated rings. The van der Waals surface area contributed by atoms with Crippen LogP contribution in [0.1, 0.15) is 36.5 Å². The van der Waals surface area contributed by atoms with Crippen LogP contribution in [0.4, 0.5) is 4.39 Å².